The van der Waals surface area contributed by atoms with Gasteiger partial charge in [-0.1, -0.05) is 18.2 Å². The van der Waals surface area contributed by atoms with Crippen LogP contribution in [0.1, 0.15) is 5.56 Å². The number of para-hydroxylation sites is 1. The molecule has 0 amide bonds. The van der Waals surface area contributed by atoms with Crippen molar-refractivity contribution >= 4 is 11.6 Å². The van der Waals surface area contributed by atoms with Crippen LogP contribution < -0.4 is 4.74 Å². The summed E-state index contributed by atoms with van der Waals surface area (Å²) < 4.78 is 5.02. The van der Waals surface area contributed by atoms with E-state index in [1.54, 1.807) is 7.11 Å². The number of rotatable bonds is 2. The van der Waals surface area contributed by atoms with Crippen LogP contribution in [0.2, 0.25) is 0 Å². The normalized spacial score (nSPS) is 9.40. The second kappa shape index (κ2) is 3.47. The maximum atomic E-state index is 5.51. The van der Waals surface area contributed by atoms with Crippen molar-refractivity contribution in [2.45, 2.75) is 0 Å². The summed E-state index contributed by atoms with van der Waals surface area (Å²) in [5.41, 5.74) is 0.909. The summed E-state index contributed by atoms with van der Waals surface area (Å²) >= 11 is 5.51. The van der Waals surface area contributed by atoms with E-state index in [1.807, 2.05) is 24.3 Å². The van der Waals surface area contributed by atoms with Gasteiger partial charge in [0.25, 0.3) is 0 Å². The van der Waals surface area contributed by atoms with E-state index in [4.69, 9.17) is 16.3 Å². The van der Waals surface area contributed by atoms with E-state index in [0.717, 1.165) is 11.3 Å². The van der Waals surface area contributed by atoms with E-state index >= 15 is 0 Å². The summed E-state index contributed by atoms with van der Waals surface area (Å²) in [5, 5.41) is 0. The van der Waals surface area contributed by atoms with E-state index < -0.39 is 0 Å². The molecule has 53 valence electrons. The van der Waals surface area contributed by atoms with Gasteiger partial charge in [0.15, 0.2) is 0 Å². The van der Waals surface area contributed by atoms with Gasteiger partial charge in [-0.15, -0.1) is 11.6 Å². The quantitative estimate of drug-likeness (QED) is 0.638. The zero-order chi connectivity index (χ0) is 7.40. The molecule has 0 fully saturated rings. The Labute approximate surface area is 65.6 Å². The summed E-state index contributed by atoms with van der Waals surface area (Å²) in [6, 6.07) is 7.58. The molecule has 2 heteroatoms. The molecule has 1 nitrogen and oxygen atoms in total. The Morgan fingerprint density at radius 2 is 2.10 bits per heavy atom. The lowest BCUT2D eigenvalue weighted by atomic mass is 10.2. The average Bonchev–Trinajstić information content (AvgIpc) is 2.04. The lowest BCUT2D eigenvalue weighted by Crippen LogP contribution is -1.86. The minimum Gasteiger partial charge on any atom is -0.496 e. The molecule has 1 radical (unpaired) electrons. The van der Waals surface area contributed by atoms with Gasteiger partial charge >= 0.3 is 0 Å². The number of hydrogen-bond acceptors (Lipinski definition) is 1. The predicted octanol–water partition coefficient (Wildman–Crippen LogP) is 2.44. The summed E-state index contributed by atoms with van der Waals surface area (Å²) in [6.07, 6.45) is 0. The SMILES string of the molecule is COc1ccccc1[CH]Cl. The molecule has 1 aromatic carbocycles. The van der Waals surface area contributed by atoms with Crippen LogP contribution in [-0.2, 0) is 0 Å². The van der Waals surface area contributed by atoms with Gasteiger partial charge in [0, 0.05) is 5.56 Å². The third kappa shape index (κ3) is 1.42. The van der Waals surface area contributed by atoms with Crippen LogP contribution in [0.4, 0.5) is 0 Å². The molecule has 0 spiro atoms. The zero-order valence-electron chi connectivity index (χ0n) is 5.67. The maximum Gasteiger partial charge on any atom is 0.123 e. The summed E-state index contributed by atoms with van der Waals surface area (Å²) in [7, 11) is 1.62. The van der Waals surface area contributed by atoms with Crippen LogP contribution in [-0.4, -0.2) is 7.11 Å². The number of halogens is 1. The van der Waals surface area contributed by atoms with Crippen LogP contribution in [0.5, 0.6) is 5.75 Å². The molecule has 0 bridgehead atoms. The summed E-state index contributed by atoms with van der Waals surface area (Å²) in [6.45, 7) is 0. The van der Waals surface area contributed by atoms with Gasteiger partial charge < -0.3 is 4.74 Å². The highest BCUT2D eigenvalue weighted by molar-refractivity contribution is 6.25. The van der Waals surface area contributed by atoms with Gasteiger partial charge in [0.2, 0.25) is 0 Å². The second-order valence-electron chi connectivity index (χ2n) is 1.85. The highest BCUT2D eigenvalue weighted by atomic mass is 35.5. The molecule has 0 atom stereocenters. The van der Waals surface area contributed by atoms with Gasteiger partial charge in [0.05, 0.1) is 13.0 Å². The minimum absolute atomic E-state index is 0.803. The third-order valence-corrected chi connectivity index (χ3v) is 1.49. The molecule has 0 heterocycles. The number of methoxy groups -OCH3 is 1. The van der Waals surface area contributed by atoms with Gasteiger partial charge in [0.1, 0.15) is 5.75 Å². The molecule has 0 aliphatic carbocycles. The molecule has 0 saturated carbocycles. The summed E-state index contributed by atoms with van der Waals surface area (Å²) in [4.78, 5) is 0. The van der Waals surface area contributed by atoms with Crippen molar-refractivity contribution in [3.8, 4) is 5.75 Å². The van der Waals surface area contributed by atoms with Crippen LogP contribution in [0.3, 0.4) is 0 Å². The Kier molecular flexibility index (Phi) is 2.57. The topological polar surface area (TPSA) is 9.23 Å². The second-order valence-corrected chi connectivity index (χ2v) is 2.07. The van der Waals surface area contributed by atoms with Crippen molar-refractivity contribution in [1.82, 2.24) is 0 Å². The van der Waals surface area contributed by atoms with E-state index in [2.05, 4.69) is 0 Å². The fraction of sp³-hybridized carbons (Fsp3) is 0.125. The molecule has 10 heavy (non-hydrogen) atoms. The van der Waals surface area contributed by atoms with Crippen molar-refractivity contribution < 1.29 is 4.74 Å². The van der Waals surface area contributed by atoms with Crippen LogP contribution in [0.15, 0.2) is 24.3 Å². The number of ether oxygens (including phenoxy) is 1. The van der Waals surface area contributed by atoms with Gasteiger partial charge in [-0.3, -0.25) is 0 Å². The van der Waals surface area contributed by atoms with Crippen molar-refractivity contribution in [3.05, 3.63) is 35.7 Å². The first kappa shape index (κ1) is 7.42. The fourth-order valence-electron chi connectivity index (χ4n) is 0.757. The Balaban J connectivity index is 2.96. The standard InChI is InChI=1S/C8H8ClO/c1-10-8-5-3-2-4-7(8)6-9/h2-6H,1H3. The zero-order valence-corrected chi connectivity index (χ0v) is 6.43. The average molecular weight is 156 g/mol. The number of benzene rings is 1. The predicted molar refractivity (Wildman–Crippen MR) is 42.2 cm³/mol. The van der Waals surface area contributed by atoms with Crippen LogP contribution in [0.25, 0.3) is 0 Å². The van der Waals surface area contributed by atoms with Crippen LogP contribution in [0, 0.1) is 5.88 Å². The summed E-state index contributed by atoms with van der Waals surface area (Å²) in [5.74, 6) is 2.30. The van der Waals surface area contributed by atoms with Gasteiger partial charge in [-0.2, -0.15) is 0 Å². The smallest absolute Gasteiger partial charge is 0.123 e. The van der Waals surface area contributed by atoms with Gasteiger partial charge in [-0.25, -0.2) is 0 Å². The first-order valence-electron chi connectivity index (χ1n) is 2.95. The fourth-order valence-corrected chi connectivity index (χ4v) is 0.937. The lowest BCUT2D eigenvalue weighted by molar-refractivity contribution is 0.413. The highest BCUT2D eigenvalue weighted by Gasteiger charge is 1.97. The Morgan fingerprint density at radius 1 is 1.40 bits per heavy atom. The van der Waals surface area contributed by atoms with E-state index in [1.165, 1.54) is 5.88 Å². The van der Waals surface area contributed by atoms with Crippen molar-refractivity contribution in [3.63, 3.8) is 0 Å². The van der Waals surface area contributed by atoms with Crippen molar-refractivity contribution in [2.24, 2.45) is 0 Å². The van der Waals surface area contributed by atoms with Crippen molar-refractivity contribution in [2.75, 3.05) is 7.11 Å². The Bertz CT molecular complexity index is 187. The highest BCUT2D eigenvalue weighted by Crippen LogP contribution is 2.19. The van der Waals surface area contributed by atoms with Gasteiger partial charge in [-0.05, 0) is 6.07 Å². The molecule has 0 aliphatic heterocycles. The van der Waals surface area contributed by atoms with E-state index in [9.17, 15) is 0 Å². The monoisotopic (exact) mass is 155 g/mol. The van der Waals surface area contributed by atoms with E-state index in [-0.39, 0.29) is 0 Å². The first-order valence-corrected chi connectivity index (χ1v) is 3.38. The molecular formula is C8H8ClO. The number of hydrogen-bond donors (Lipinski definition) is 0. The Hall–Kier alpha value is -0.690. The molecule has 0 aliphatic rings. The molecule has 0 aromatic heterocycles. The van der Waals surface area contributed by atoms with E-state index in [0.29, 0.717) is 0 Å². The lowest BCUT2D eigenvalue weighted by Gasteiger charge is -2.02. The molecule has 1 rings (SSSR count). The van der Waals surface area contributed by atoms with Crippen molar-refractivity contribution in [1.29, 1.82) is 0 Å². The molecule has 1 aromatic rings. The van der Waals surface area contributed by atoms with Crippen LogP contribution >= 0.6 is 11.6 Å². The Morgan fingerprint density at radius 3 is 2.60 bits per heavy atom. The third-order valence-electron chi connectivity index (χ3n) is 1.26. The molecule has 0 saturated heterocycles. The maximum absolute atomic E-state index is 5.51. The molecular weight excluding hydrogens is 148 g/mol. The molecule has 0 unspecified atom stereocenters. The largest absolute Gasteiger partial charge is 0.496 e. The first-order chi connectivity index (χ1) is 4.88. The minimum atomic E-state index is 0.803. The molecule has 0 N–H and O–H groups in total.